The van der Waals surface area contributed by atoms with E-state index in [0.29, 0.717) is 18.7 Å². The lowest BCUT2D eigenvalue weighted by Crippen LogP contribution is -1.99. The third kappa shape index (κ3) is 3.16. The molecule has 2 N–H and O–H groups in total. The van der Waals surface area contributed by atoms with E-state index in [0.717, 1.165) is 5.82 Å². The molecule has 1 heterocycles. The standard InChI is InChI=1S/C13H15N3O2/c1-9-4-2-3-5-10(9)8-12-14-11(15-16-12)6-7-13(17)18/h2-5H,6-8H2,1H3,(H,17,18)(H,14,15,16). The van der Waals surface area contributed by atoms with Gasteiger partial charge in [-0.25, -0.2) is 4.98 Å². The highest BCUT2D eigenvalue weighted by Gasteiger charge is 2.07. The zero-order valence-electron chi connectivity index (χ0n) is 10.2. The number of hydrogen-bond acceptors (Lipinski definition) is 3. The molecule has 1 aromatic carbocycles. The van der Waals surface area contributed by atoms with Crippen molar-refractivity contribution in [2.45, 2.75) is 26.2 Å². The topological polar surface area (TPSA) is 78.9 Å². The highest BCUT2D eigenvalue weighted by molar-refractivity contribution is 5.66. The van der Waals surface area contributed by atoms with Gasteiger partial charge in [0, 0.05) is 12.8 Å². The third-order valence-corrected chi connectivity index (χ3v) is 2.76. The maximum atomic E-state index is 10.4. The van der Waals surface area contributed by atoms with Crippen molar-refractivity contribution in [1.29, 1.82) is 0 Å². The van der Waals surface area contributed by atoms with Gasteiger partial charge in [-0.2, -0.15) is 5.10 Å². The van der Waals surface area contributed by atoms with E-state index < -0.39 is 5.97 Å². The van der Waals surface area contributed by atoms with Crippen molar-refractivity contribution in [3.8, 4) is 0 Å². The predicted molar refractivity (Wildman–Crippen MR) is 66.3 cm³/mol. The van der Waals surface area contributed by atoms with Crippen LogP contribution in [0.25, 0.3) is 0 Å². The lowest BCUT2D eigenvalue weighted by Gasteiger charge is -2.01. The zero-order valence-corrected chi connectivity index (χ0v) is 10.2. The molecule has 18 heavy (non-hydrogen) atoms. The van der Waals surface area contributed by atoms with Crippen LogP contribution in [0, 0.1) is 6.92 Å². The highest BCUT2D eigenvalue weighted by atomic mass is 16.4. The van der Waals surface area contributed by atoms with Gasteiger partial charge in [0.2, 0.25) is 0 Å². The largest absolute Gasteiger partial charge is 0.481 e. The minimum Gasteiger partial charge on any atom is -0.481 e. The van der Waals surface area contributed by atoms with Gasteiger partial charge in [0.1, 0.15) is 5.82 Å². The molecule has 5 nitrogen and oxygen atoms in total. The quantitative estimate of drug-likeness (QED) is 0.840. The summed E-state index contributed by atoms with van der Waals surface area (Å²) in [6.45, 7) is 2.05. The summed E-state index contributed by atoms with van der Waals surface area (Å²) in [6.07, 6.45) is 1.11. The molecule has 0 radical (unpaired) electrons. The fourth-order valence-electron chi connectivity index (χ4n) is 1.73. The summed E-state index contributed by atoms with van der Waals surface area (Å²) in [5.74, 6) is 0.492. The van der Waals surface area contributed by atoms with Crippen molar-refractivity contribution in [1.82, 2.24) is 15.2 Å². The molecule has 2 rings (SSSR count). The first-order chi connectivity index (χ1) is 8.65. The molecule has 94 valence electrons. The van der Waals surface area contributed by atoms with Gasteiger partial charge in [0.05, 0.1) is 6.42 Å². The number of H-pyrrole nitrogens is 1. The number of aromatic amines is 1. The Balaban J connectivity index is 2.02. The molecular weight excluding hydrogens is 230 g/mol. The fraction of sp³-hybridized carbons (Fsp3) is 0.308. The van der Waals surface area contributed by atoms with Crippen molar-refractivity contribution in [3.63, 3.8) is 0 Å². The first-order valence-electron chi connectivity index (χ1n) is 5.81. The van der Waals surface area contributed by atoms with Gasteiger partial charge in [0.15, 0.2) is 5.82 Å². The first-order valence-corrected chi connectivity index (χ1v) is 5.81. The Labute approximate surface area is 105 Å². The maximum absolute atomic E-state index is 10.4. The molecule has 1 aromatic heterocycles. The number of rotatable bonds is 5. The van der Waals surface area contributed by atoms with Gasteiger partial charge in [-0.1, -0.05) is 24.3 Å². The molecule has 0 unspecified atom stereocenters. The second-order valence-corrected chi connectivity index (χ2v) is 4.20. The highest BCUT2D eigenvalue weighted by Crippen LogP contribution is 2.11. The summed E-state index contributed by atoms with van der Waals surface area (Å²) in [5, 5.41) is 15.5. The number of aromatic nitrogens is 3. The van der Waals surface area contributed by atoms with E-state index in [2.05, 4.69) is 34.2 Å². The number of nitrogens with zero attached hydrogens (tertiary/aromatic N) is 2. The summed E-state index contributed by atoms with van der Waals surface area (Å²) in [6, 6.07) is 8.09. The Bertz CT molecular complexity index is 549. The third-order valence-electron chi connectivity index (χ3n) is 2.76. The average molecular weight is 245 g/mol. The van der Waals surface area contributed by atoms with Crippen LogP contribution in [-0.4, -0.2) is 26.3 Å². The molecular formula is C13H15N3O2. The van der Waals surface area contributed by atoms with E-state index in [1.165, 1.54) is 11.1 Å². The van der Waals surface area contributed by atoms with Crippen LogP contribution in [0.4, 0.5) is 0 Å². The van der Waals surface area contributed by atoms with Gasteiger partial charge < -0.3 is 5.11 Å². The number of nitrogens with one attached hydrogen (secondary N) is 1. The number of benzene rings is 1. The minimum absolute atomic E-state index is 0.0572. The lowest BCUT2D eigenvalue weighted by molar-refractivity contribution is -0.137. The van der Waals surface area contributed by atoms with Crippen molar-refractivity contribution in [2.75, 3.05) is 0 Å². The lowest BCUT2D eigenvalue weighted by atomic mass is 10.1. The first kappa shape index (κ1) is 12.3. The van der Waals surface area contributed by atoms with E-state index in [1.54, 1.807) is 0 Å². The van der Waals surface area contributed by atoms with Crippen LogP contribution in [0.3, 0.4) is 0 Å². The molecule has 0 saturated heterocycles. The normalized spacial score (nSPS) is 10.5. The van der Waals surface area contributed by atoms with Gasteiger partial charge in [-0.05, 0) is 18.1 Å². The summed E-state index contributed by atoms with van der Waals surface area (Å²) in [5.41, 5.74) is 2.40. The van der Waals surface area contributed by atoms with Crippen LogP contribution in [0.1, 0.15) is 29.2 Å². The van der Waals surface area contributed by atoms with Crippen LogP contribution >= 0.6 is 0 Å². The van der Waals surface area contributed by atoms with Crippen molar-refractivity contribution < 1.29 is 9.90 Å². The molecule has 0 aliphatic carbocycles. The maximum Gasteiger partial charge on any atom is 0.303 e. The Morgan fingerprint density at radius 3 is 2.89 bits per heavy atom. The number of aliphatic carboxylic acids is 1. The van der Waals surface area contributed by atoms with Gasteiger partial charge in [-0.3, -0.25) is 9.89 Å². The Morgan fingerprint density at radius 1 is 1.39 bits per heavy atom. The van der Waals surface area contributed by atoms with Crippen molar-refractivity contribution >= 4 is 5.97 Å². The average Bonchev–Trinajstić information content (AvgIpc) is 2.77. The van der Waals surface area contributed by atoms with Crippen LogP contribution in [-0.2, 0) is 17.6 Å². The summed E-state index contributed by atoms with van der Waals surface area (Å²) < 4.78 is 0. The molecule has 0 fully saturated rings. The van der Waals surface area contributed by atoms with Crippen molar-refractivity contribution in [2.24, 2.45) is 0 Å². The van der Waals surface area contributed by atoms with Gasteiger partial charge >= 0.3 is 5.97 Å². The van der Waals surface area contributed by atoms with Gasteiger partial charge in [0.25, 0.3) is 0 Å². The molecule has 0 atom stereocenters. The predicted octanol–water partition coefficient (Wildman–Crippen LogP) is 1.72. The summed E-state index contributed by atoms with van der Waals surface area (Å²) in [7, 11) is 0. The summed E-state index contributed by atoms with van der Waals surface area (Å²) >= 11 is 0. The Hall–Kier alpha value is -2.17. The second kappa shape index (κ2) is 5.44. The molecule has 0 aliphatic rings. The van der Waals surface area contributed by atoms with Crippen LogP contribution in [0.5, 0.6) is 0 Å². The second-order valence-electron chi connectivity index (χ2n) is 4.20. The molecule has 0 aliphatic heterocycles. The molecule has 2 aromatic rings. The van der Waals surface area contributed by atoms with E-state index in [9.17, 15) is 4.79 Å². The molecule has 0 spiro atoms. The monoisotopic (exact) mass is 245 g/mol. The molecule has 0 bridgehead atoms. The molecule has 0 amide bonds. The minimum atomic E-state index is -0.833. The fourth-order valence-corrected chi connectivity index (χ4v) is 1.73. The van der Waals surface area contributed by atoms with Crippen molar-refractivity contribution in [3.05, 3.63) is 47.0 Å². The molecule has 0 saturated carbocycles. The number of aryl methyl sites for hydroxylation is 2. The van der Waals surface area contributed by atoms with Crippen LogP contribution in [0.15, 0.2) is 24.3 Å². The van der Waals surface area contributed by atoms with E-state index in [1.807, 2.05) is 12.1 Å². The number of carboxylic acid groups (broad SMARTS) is 1. The van der Waals surface area contributed by atoms with E-state index in [4.69, 9.17) is 5.11 Å². The Kier molecular flexibility index (Phi) is 3.72. The Morgan fingerprint density at radius 2 is 2.17 bits per heavy atom. The van der Waals surface area contributed by atoms with E-state index >= 15 is 0 Å². The zero-order chi connectivity index (χ0) is 13.0. The molecule has 5 heteroatoms. The number of carbonyl (C=O) groups is 1. The van der Waals surface area contributed by atoms with Gasteiger partial charge in [-0.15, -0.1) is 0 Å². The number of hydrogen-bond donors (Lipinski definition) is 2. The van der Waals surface area contributed by atoms with Crippen LogP contribution < -0.4 is 0 Å². The summed E-state index contributed by atoms with van der Waals surface area (Å²) in [4.78, 5) is 14.7. The van der Waals surface area contributed by atoms with Crippen LogP contribution in [0.2, 0.25) is 0 Å². The number of carboxylic acids is 1. The SMILES string of the molecule is Cc1ccccc1Cc1nc(CCC(=O)O)n[nH]1. The van der Waals surface area contributed by atoms with E-state index in [-0.39, 0.29) is 6.42 Å². The smallest absolute Gasteiger partial charge is 0.303 e.